The van der Waals surface area contributed by atoms with Crippen molar-refractivity contribution in [2.75, 3.05) is 0 Å². The van der Waals surface area contributed by atoms with Crippen molar-refractivity contribution < 1.29 is 9.59 Å². The molecule has 1 aliphatic rings. The molecule has 2 rings (SSSR count). The molecule has 0 aromatic heterocycles. The average molecular weight is 215 g/mol. The van der Waals surface area contributed by atoms with Crippen LogP contribution in [0.4, 0.5) is 0 Å². The summed E-state index contributed by atoms with van der Waals surface area (Å²) < 4.78 is 0. The molecule has 1 heterocycles. The lowest BCUT2D eigenvalue weighted by Gasteiger charge is -2.09. The van der Waals surface area contributed by atoms with Crippen molar-refractivity contribution in [2.45, 2.75) is 19.8 Å². The van der Waals surface area contributed by atoms with Gasteiger partial charge in [0.15, 0.2) is 0 Å². The van der Waals surface area contributed by atoms with Crippen LogP contribution in [-0.4, -0.2) is 11.8 Å². The Hall–Kier alpha value is -1.90. The monoisotopic (exact) mass is 215 g/mol. The third-order valence-electron chi connectivity index (χ3n) is 2.70. The number of rotatable bonds is 1. The zero-order chi connectivity index (χ0) is 11.7. The molecule has 1 aromatic rings. The van der Waals surface area contributed by atoms with Gasteiger partial charge in [0.25, 0.3) is 5.91 Å². The van der Waals surface area contributed by atoms with Gasteiger partial charge in [-0.05, 0) is 19.4 Å². The smallest absolute Gasteiger partial charge is 0.254 e. The van der Waals surface area contributed by atoms with Gasteiger partial charge in [-0.3, -0.25) is 14.9 Å². The van der Waals surface area contributed by atoms with E-state index in [1.54, 1.807) is 0 Å². The molecule has 2 amide bonds. The van der Waals surface area contributed by atoms with Crippen LogP contribution >= 0.6 is 0 Å². The van der Waals surface area contributed by atoms with Crippen LogP contribution in [0.3, 0.4) is 0 Å². The number of amides is 2. The molecule has 1 saturated heterocycles. The molecule has 1 aliphatic heterocycles. The summed E-state index contributed by atoms with van der Waals surface area (Å²) in [6.07, 6.45) is 0. The van der Waals surface area contributed by atoms with Crippen molar-refractivity contribution in [3.05, 3.63) is 47.0 Å². The maximum absolute atomic E-state index is 11.7. The topological polar surface area (TPSA) is 46.2 Å². The predicted molar refractivity (Wildman–Crippen MR) is 60.7 cm³/mol. The van der Waals surface area contributed by atoms with E-state index in [-0.39, 0.29) is 11.8 Å². The molecule has 0 radical (unpaired) electrons. The first kappa shape index (κ1) is 10.6. The molecule has 3 heteroatoms. The van der Waals surface area contributed by atoms with Crippen LogP contribution in [0.5, 0.6) is 0 Å². The summed E-state index contributed by atoms with van der Waals surface area (Å²) in [5, 5.41) is 2.36. The van der Waals surface area contributed by atoms with Gasteiger partial charge in [-0.1, -0.05) is 35.9 Å². The van der Waals surface area contributed by atoms with Gasteiger partial charge in [0.05, 0.1) is 5.92 Å². The number of carbonyl (C=O) groups excluding carboxylic acids is 2. The first-order valence-corrected chi connectivity index (χ1v) is 5.18. The standard InChI is InChI=1S/C13H13NO2/c1-8(2)10-11(13(16)14-12(10)15)9-6-4-3-5-7-9/h3-7,11H,1-2H3,(H,14,15,16). The van der Waals surface area contributed by atoms with Crippen molar-refractivity contribution in [1.82, 2.24) is 5.32 Å². The maximum Gasteiger partial charge on any atom is 0.254 e. The van der Waals surface area contributed by atoms with Crippen LogP contribution in [0.25, 0.3) is 0 Å². The van der Waals surface area contributed by atoms with Gasteiger partial charge in [-0.2, -0.15) is 0 Å². The molecule has 1 unspecified atom stereocenters. The third-order valence-corrected chi connectivity index (χ3v) is 2.70. The molecule has 1 N–H and O–H groups in total. The first-order valence-electron chi connectivity index (χ1n) is 5.18. The molecular weight excluding hydrogens is 202 g/mol. The van der Waals surface area contributed by atoms with E-state index in [2.05, 4.69) is 5.32 Å². The van der Waals surface area contributed by atoms with Crippen LogP contribution < -0.4 is 5.32 Å². The second-order valence-corrected chi connectivity index (χ2v) is 4.08. The number of hydrogen-bond acceptors (Lipinski definition) is 2. The van der Waals surface area contributed by atoms with Crippen LogP contribution in [0, 0.1) is 0 Å². The quantitative estimate of drug-likeness (QED) is 0.573. The Morgan fingerprint density at radius 2 is 1.75 bits per heavy atom. The van der Waals surface area contributed by atoms with Crippen LogP contribution in [0.2, 0.25) is 0 Å². The number of allylic oxidation sites excluding steroid dienone is 1. The highest BCUT2D eigenvalue weighted by Crippen LogP contribution is 2.31. The number of hydrogen-bond donors (Lipinski definition) is 1. The van der Waals surface area contributed by atoms with Gasteiger partial charge < -0.3 is 0 Å². The molecule has 1 atom stereocenters. The highest BCUT2D eigenvalue weighted by Gasteiger charge is 2.37. The number of imide groups is 1. The summed E-state index contributed by atoms with van der Waals surface area (Å²) >= 11 is 0. The lowest BCUT2D eigenvalue weighted by atomic mass is 9.90. The Morgan fingerprint density at radius 3 is 2.31 bits per heavy atom. The minimum atomic E-state index is -0.446. The summed E-state index contributed by atoms with van der Waals surface area (Å²) in [4.78, 5) is 23.4. The van der Waals surface area contributed by atoms with Gasteiger partial charge in [-0.15, -0.1) is 0 Å². The molecule has 0 spiro atoms. The molecule has 0 aliphatic carbocycles. The van der Waals surface area contributed by atoms with E-state index in [1.807, 2.05) is 44.2 Å². The summed E-state index contributed by atoms with van der Waals surface area (Å²) in [7, 11) is 0. The van der Waals surface area contributed by atoms with E-state index in [0.717, 1.165) is 11.1 Å². The molecule has 1 fully saturated rings. The molecular formula is C13H13NO2. The molecule has 3 nitrogen and oxygen atoms in total. The number of nitrogens with one attached hydrogen (secondary N) is 1. The fourth-order valence-electron chi connectivity index (χ4n) is 1.99. The number of benzene rings is 1. The molecule has 0 saturated carbocycles. The largest absolute Gasteiger partial charge is 0.292 e. The van der Waals surface area contributed by atoms with E-state index < -0.39 is 5.92 Å². The van der Waals surface area contributed by atoms with Crippen molar-refractivity contribution >= 4 is 11.8 Å². The van der Waals surface area contributed by atoms with Crippen LogP contribution in [-0.2, 0) is 9.59 Å². The van der Waals surface area contributed by atoms with Gasteiger partial charge in [0.2, 0.25) is 5.91 Å². The Morgan fingerprint density at radius 1 is 1.12 bits per heavy atom. The number of carbonyl (C=O) groups is 2. The Labute approximate surface area is 94.2 Å². The predicted octanol–water partition coefficient (Wildman–Crippen LogP) is 1.76. The second kappa shape index (κ2) is 3.93. The van der Waals surface area contributed by atoms with E-state index in [9.17, 15) is 9.59 Å². The normalized spacial score (nSPS) is 19.9. The minimum absolute atomic E-state index is 0.229. The fraction of sp³-hybridized carbons (Fsp3) is 0.231. The Kier molecular flexibility index (Phi) is 2.60. The van der Waals surface area contributed by atoms with E-state index in [4.69, 9.17) is 0 Å². The van der Waals surface area contributed by atoms with Crippen LogP contribution in [0.15, 0.2) is 41.5 Å². The zero-order valence-corrected chi connectivity index (χ0v) is 9.28. The van der Waals surface area contributed by atoms with Crippen molar-refractivity contribution in [1.29, 1.82) is 0 Å². The van der Waals surface area contributed by atoms with Gasteiger partial charge in [0.1, 0.15) is 0 Å². The Balaban J connectivity index is 2.52. The summed E-state index contributed by atoms with van der Waals surface area (Å²) in [6.45, 7) is 3.70. The molecule has 82 valence electrons. The summed E-state index contributed by atoms with van der Waals surface area (Å²) in [5.41, 5.74) is 2.33. The van der Waals surface area contributed by atoms with Gasteiger partial charge >= 0.3 is 0 Å². The van der Waals surface area contributed by atoms with Crippen molar-refractivity contribution in [3.8, 4) is 0 Å². The van der Waals surface area contributed by atoms with Gasteiger partial charge in [-0.25, -0.2) is 0 Å². The average Bonchev–Trinajstić information content (AvgIpc) is 2.55. The second-order valence-electron chi connectivity index (χ2n) is 4.08. The van der Waals surface area contributed by atoms with Crippen LogP contribution in [0.1, 0.15) is 25.3 Å². The van der Waals surface area contributed by atoms with Gasteiger partial charge in [0, 0.05) is 5.57 Å². The van der Waals surface area contributed by atoms with Crippen molar-refractivity contribution in [2.24, 2.45) is 0 Å². The fourth-order valence-corrected chi connectivity index (χ4v) is 1.99. The minimum Gasteiger partial charge on any atom is -0.292 e. The molecule has 0 bridgehead atoms. The summed E-state index contributed by atoms with van der Waals surface area (Å²) in [6, 6.07) is 9.36. The van der Waals surface area contributed by atoms with E-state index in [0.29, 0.717) is 5.57 Å². The summed E-state index contributed by atoms with van der Waals surface area (Å²) in [5.74, 6) is -0.940. The van der Waals surface area contributed by atoms with E-state index >= 15 is 0 Å². The molecule has 16 heavy (non-hydrogen) atoms. The zero-order valence-electron chi connectivity index (χ0n) is 9.28. The third kappa shape index (κ3) is 1.65. The van der Waals surface area contributed by atoms with E-state index in [1.165, 1.54) is 0 Å². The lowest BCUT2D eigenvalue weighted by molar-refractivity contribution is -0.124. The highest BCUT2D eigenvalue weighted by molar-refractivity contribution is 6.17. The first-order chi connectivity index (χ1) is 7.61. The van der Waals surface area contributed by atoms with Crippen molar-refractivity contribution in [3.63, 3.8) is 0 Å². The highest BCUT2D eigenvalue weighted by atomic mass is 16.2. The lowest BCUT2D eigenvalue weighted by Crippen LogP contribution is -2.21. The SMILES string of the molecule is CC(C)=C1C(=O)NC(=O)C1c1ccccc1. The molecule has 1 aromatic carbocycles. The maximum atomic E-state index is 11.7. The Bertz CT molecular complexity index is 470.